The van der Waals surface area contributed by atoms with Crippen LogP contribution in [0.1, 0.15) is 36.3 Å². The minimum atomic E-state index is -1.63. The highest BCUT2D eigenvalue weighted by Gasteiger charge is 2.33. The number of hydrogen-bond acceptors (Lipinski definition) is 5. The van der Waals surface area contributed by atoms with Crippen LogP contribution in [0.15, 0.2) is 48.5 Å². The molecule has 4 N–H and O–H groups in total. The molecule has 2 aromatic rings. The number of fused-ring (bicyclic) bond motifs is 3. The SMILES string of the molecule is O=C(N[C@@H]1CC[C@H](C(=O)NCC(O)C(=O)O)C1)OCC1c2ccccc2-c2ccccc21. The molecule has 32 heavy (non-hydrogen) atoms. The van der Waals surface area contributed by atoms with Gasteiger partial charge in [-0.05, 0) is 41.5 Å². The van der Waals surface area contributed by atoms with Gasteiger partial charge in [0.05, 0.1) is 6.54 Å². The first-order valence-electron chi connectivity index (χ1n) is 10.7. The number of carboxylic acid groups (broad SMARTS) is 1. The molecule has 1 fully saturated rings. The van der Waals surface area contributed by atoms with E-state index in [0.29, 0.717) is 19.3 Å². The standard InChI is InChI=1S/C24H26N2O6/c27-21(23(29)30)12-25-22(28)14-9-10-15(11-14)26-24(31)32-13-20-18-7-3-1-5-16(18)17-6-2-4-8-19(17)20/h1-8,14-15,20-21,27H,9-13H2,(H,25,28)(H,26,31)(H,29,30)/t14-,15+,21?/m0/s1. The molecule has 2 aliphatic carbocycles. The number of hydrogen-bond donors (Lipinski definition) is 4. The molecule has 0 spiro atoms. The van der Waals surface area contributed by atoms with E-state index in [1.165, 1.54) is 0 Å². The molecule has 0 saturated heterocycles. The number of rotatable bonds is 7. The van der Waals surface area contributed by atoms with E-state index in [1.54, 1.807) is 0 Å². The Morgan fingerprint density at radius 1 is 1.00 bits per heavy atom. The maximum Gasteiger partial charge on any atom is 0.407 e. The fraction of sp³-hybridized carbons (Fsp3) is 0.375. The molecular formula is C24H26N2O6. The van der Waals surface area contributed by atoms with Crippen LogP contribution in [0.4, 0.5) is 4.79 Å². The summed E-state index contributed by atoms with van der Waals surface area (Å²) in [6.07, 6.45) is -0.499. The van der Waals surface area contributed by atoms with Crippen molar-refractivity contribution in [2.75, 3.05) is 13.2 Å². The highest BCUT2D eigenvalue weighted by molar-refractivity contribution is 5.81. The molecule has 2 aromatic carbocycles. The van der Waals surface area contributed by atoms with Gasteiger partial charge in [-0.3, -0.25) is 4.79 Å². The van der Waals surface area contributed by atoms with E-state index >= 15 is 0 Å². The van der Waals surface area contributed by atoms with Crippen molar-refractivity contribution in [1.29, 1.82) is 0 Å². The average molecular weight is 438 g/mol. The van der Waals surface area contributed by atoms with Crippen molar-refractivity contribution in [2.45, 2.75) is 37.3 Å². The molecule has 0 heterocycles. The number of aliphatic hydroxyl groups excluding tert-OH is 1. The second kappa shape index (κ2) is 9.40. The maximum absolute atomic E-state index is 12.4. The van der Waals surface area contributed by atoms with Crippen molar-refractivity contribution >= 4 is 18.0 Å². The van der Waals surface area contributed by atoms with E-state index in [2.05, 4.69) is 34.9 Å². The van der Waals surface area contributed by atoms with Crippen LogP contribution in [-0.4, -0.2) is 53.5 Å². The summed E-state index contributed by atoms with van der Waals surface area (Å²) in [5.74, 6) is -2.06. The first-order chi connectivity index (χ1) is 15.4. The van der Waals surface area contributed by atoms with Crippen LogP contribution in [-0.2, 0) is 14.3 Å². The van der Waals surface area contributed by atoms with E-state index < -0.39 is 18.2 Å². The molecule has 2 aliphatic rings. The number of nitrogens with one attached hydrogen (secondary N) is 2. The molecule has 8 nitrogen and oxygen atoms in total. The number of amides is 2. The Hall–Kier alpha value is -3.39. The van der Waals surface area contributed by atoms with Gasteiger partial charge in [-0.1, -0.05) is 48.5 Å². The summed E-state index contributed by atoms with van der Waals surface area (Å²) in [4.78, 5) is 35.2. The highest BCUT2D eigenvalue weighted by atomic mass is 16.5. The Bertz CT molecular complexity index is 978. The fourth-order valence-electron chi connectivity index (χ4n) is 4.59. The quantitative estimate of drug-likeness (QED) is 0.526. The van der Waals surface area contributed by atoms with E-state index in [4.69, 9.17) is 9.84 Å². The predicted molar refractivity (Wildman–Crippen MR) is 116 cm³/mol. The third-order valence-corrected chi connectivity index (χ3v) is 6.22. The van der Waals surface area contributed by atoms with Gasteiger partial charge in [-0.2, -0.15) is 0 Å². The highest BCUT2D eigenvalue weighted by Crippen LogP contribution is 2.44. The Balaban J connectivity index is 1.27. The van der Waals surface area contributed by atoms with Crippen LogP contribution in [0.3, 0.4) is 0 Å². The average Bonchev–Trinajstić information content (AvgIpc) is 3.38. The number of alkyl carbamates (subject to hydrolysis) is 1. The first-order valence-corrected chi connectivity index (χ1v) is 10.7. The summed E-state index contributed by atoms with van der Waals surface area (Å²) in [7, 11) is 0. The first kappa shape index (κ1) is 21.8. The van der Waals surface area contributed by atoms with Gasteiger partial charge in [0.1, 0.15) is 6.61 Å². The molecular weight excluding hydrogens is 412 g/mol. The normalized spacial score (nSPS) is 20.2. The van der Waals surface area contributed by atoms with E-state index in [0.717, 1.165) is 22.3 Å². The zero-order valence-electron chi connectivity index (χ0n) is 17.5. The van der Waals surface area contributed by atoms with Gasteiger partial charge in [0.15, 0.2) is 6.10 Å². The number of carbonyl (C=O) groups is 3. The zero-order chi connectivity index (χ0) is 22.7. The van der Waals surface area contributed by atoms with Gasteiger partial charge >= 0.3 is 12.1 Å². The second-order valence-electron chi connectivity index (χ2n) is 8.28. The lowest BCUT2D eigenvalue weighted by Gasteiger charge is -2.17. The lowest BCUT2D eigenvalue weighted by molar-refractivity contribution is -0.146. The van der Waals surface area contributed by atoms with Crippen LogP contribution < -0.4 is 10.6 Å². The number of carbonyl (C=O) groups excluding carboxylic acids is 2. The van der Waals surface area contributed by atoms with Crippen molar-refractivity contribution in [3.05, 3.63) is 59.7 Å². The van der Waals surface area contributed by atoms with E-state index in [9.17, 15) is 19.5 Å². The van der Waals surface area contributed by atoms with Gasteiger partial charge in [-0.15, -0.1) is 0 Å². The number of carboxylic acids is 1. The topological polar surface area (TPSA) is 125 Å². The third-order valence-electron chi connectivity index (χ3n) is 6.22. The fourth-order valence-corrected chi connectivity index (χ4v) is 4.59. The number of ether oxygens (including phenoxy) is 1. The minimum Gasteiger partial charge on any atom is -0.479 e. The minimum absolute atomic E-state index is 0.0177. The summed E-state index contributed by atoms with van der Waals surface area (Å²) >= 11 is 0. The van der Waals surface area contributed by atoms with Gasteiger partial charge in [0.2, 0.25) is 5.91 Å². The van der Waals surface area contributed by atoms with Crippen LogP contribution in [0.2, 0.25) is 0 Å². The molecule has 2 amide bonds. The van der Waals surface area contributed by atoms with Crippen LogP contribution in [0.5, 0.6) is 0 Å². The summed E-state index contributed by atoms with van der Waals surface area (Å²) < 4.78 is 5.55. The predicted octanol–water partition coefficient (Wildman–Crippen LogP) is 2.26. The van der Waals surface area contributed by atoms with Gasteiger partial charge in [-0.25, -0.2) is 9.59 Å². The molecule has 168 valence electrons. The molecule has 1 unspecified atom stereocenters. The third kappa shape index (κ3) is 4.60. The van der Waals surface area contributed by atoms with Gasteiger partial charge in [0.25, 0.3) is 0 Å². The van der Waals surface area contributed by atoms with E-state index in [1.807, 2.05) is 24.3 Å². The summed E-state index contributed by atoms with van der Waals surface area (Å²) in [5.41, 5.74) is 4.61. The Morgan fingerprint density at radius 2 is 1.62 bits per heavy atom. The molecule has 0 bridgehead atoms. The maximum atomic E-state index is 12.4. The largest absolute Gasteiger partial charge is 0.479 e. The lowest BCUT2D eigenvalue weighted by Crippen LogP contribution is -2.39. The van der Waals surface area contributed by atoms with Crippen LogP contribution >= 0.6 is 0 Å². The molecule has 0 radical (unpaired) electrons. The zero-order valence-corrected chi connectivity index (χ0v) is 17.5. The van der Waals surface area contributed by atoms with Gasteiger partial charge < -0.3 is 25.6 Å². The van der Waals surface area contributed by atoms with Gasteiger partial charge in [0, 0.05) is 17.9 Å². The molecule has 0 aliphatic heterocycles. The summed E-state index contributed by atoms with van der Waals surface area (Å²) in [5, 5.41) is 23.2. The van der Waals surface area contributed by atoms with Crippen molar-refractivity contribution in [2.24, 2.45) is 5.92 Å². The second-order valence-corrected chi connectivity index (χ2v) is 8.28. The number of aliphatic carboxylic acids is 1. The number of aliphatic hydroxyl groups is 1. The van der Waals surface area contributed by atoms with Crippen molar-refractivity contribution in [1.82, 2.24) is 10.6 Å². The lowest BCUT2D eigenvalue weighted by atomic mass is 9.98. The van der Waals surface area contributed by atoms with Crippen molar-refractivity contribution in [3.63, 3.8) is 0 Å². The smallest absolute Gasteiger partial charge is 0.407 e. The Labute approximate surface area is 185 Å². The van der Waals surface area contributed by atoms with Crippen LogP contribution in [0.25, 0.3) is 11.1 Å². The monoisotopic (exact) mass is 438 g/mol. The van der Waals surface area contributed by atoms with Crippen molar-refractivity contribution < 1.29 is 29.3 Å². The Morgan fingerprint density at radius 3 is 2.25 bits per heavy atom. The Kier molecular flexibility index (Phi) is 6.41. The summed E-state index contributed by atoms with van der Waals surface area (Å²) in [6.45, 7) is -0.112. The summed E-state index contributed by atoms with van der Waals surface area (Å²) in [6, 6.07) is 16.0. The molecule has 8 heteroatoms. The molecule has 4 rings (SSSR count). The van der Waals surface area contributed by atoms with Crippen molar-refractivity contribution in [3.8, 4) is 11.1 Å². The van der Waals surface area contributed by atoms with Crippen LogP contribution in [0, 0.1) is 5.92 Å². The number of benzene rings is 2. The molecule has 3 atom stereocenters. The van der Waals surface area contributed by atoms with E-state index in [-0.39, 0.29) is 36.9 Å². The molecule has 0 aromatic heterocycles. The molecule has 1 saturated carbocycles.